The molecule has 3 aromatic rings. The molecule has 2 aromatic heterocycles. The van der Waals surface area contributed by atoms with E-state index in [1.807, 2.05) is 35.9 Å². The molecule has 1 amide bonds. The van der Waals surface area contributed by atoms with E-state index < -0.39 is 0 Å². The zero-order valence-corrected chi connectivity index (χ0v) is 16.4. The van der Waals surface area contributed by atoms with Crippen LogP contribution in [0.3, 0.4) is 0 Å². The number of carbonyl (C=O) groups excluding carboxylic acids is 1. The van der Waals surface area contributed by atoms with Crippen LogP contribution in [0.1, 0.15) is 59.7 Å². The molecule has 3 heterocycles. The van der Waals surface area contributed by atoms with Gasteiger partial charge >= 0.3 is 0 Å². The number of nitrogens with one attached hydrogen (secondary N) is 2. The maximum absolute atomic E-state index is 12.7. The quantitative estimate of drug-likeness (QED) is 0.691. The first kappa shape index (κ1) is 18.1. The number of oxazole rings is 1. The number of hydrogen-bond donors (Lipinski definition) is 2. The number of nitrogens with zero attached hydrogens (tertiary/aromatic N) is 4. The van der Waals surface area contributed by atoms with Crippen molar-refractivity contribution in [2.75, 3.05) is 18.4 Å². The third-order valence-corrected chi connectivity index (χ3v) is 5.67. The van der Waals surface area contributed by atoms with Crippen molar-refractivity contribution in [1.82, 2.24) is 25.3 Å². The first-order valence-electron chi connectivity index (χ1n) is 10.2. The van der Waals surface area contributed by atoms with Crippen LogP contribution in [-0.2, 0) is 0 Å². The Hall–Kier alpha value is -3.00. The molecule has 1 saturated carbocycles. The Balaban J connectivity index is 1.27. The van der Waals surface area contributed by atoms with Crippen molar-refractivity contribution in [1.29, 1.82) is 0 Å². The highest BCUT2D eigenvalue weighted by atomic mass is 16.4. The number of aromatic nitrogens is 4. The van der Waals surface area contributed by atoms with Gasteiger partial charge in [-0.2, -0.15) is 0 Å². The number of rotatable bonds is 5. The van der Waals surface area contributed by atoms with Crippen LogP contribution in [0.2, 0.25) is 0 Å². The minimum atomic E-state index is -0.244. The van der Waals surface area contributed by atoms with Gasteiger partial charge in [0.05, 0.1) is 17.9 Å². The highest BCUT2D eigenvalue weighted by Gasteiger charge is 2.28. The van der Waals surface area contributed by atoms with Crippen LogP contribution in [0, 0.1) is 6.92 Å². The summed E-state index contributed by atoms with van der Waals surface area (Å²) in [4.78, 5) is 17.1. The summed E-state index contributed by atoms with van der Waals surface area (Å²) in [7, 11) is 0. The van der Waals surface area contributed by atoms with Gasteiger partial charge in [-0.1, -0.05) is 5.21 Å². The molecule has 0 bridgehead atoms. The first-order chi connectivity index (χ1) is 14.2. The molecule has 5 rings (SSSR count). The second kappa shape index (κ2) is 7.44. The van der Waals surface area contributed by atoms with E-state index in [0.29, 0.717) is 23.3 Å². The summed E-state index contributed by atoms with van der Waals surface area (Å²) >= 11 is 0. The summed E-state index contributed by atoms with van der Waals surface area (Å²) < 4.78 is 7.73. The van der Waals surface area contributed by atoms with Gasteiger partial charge in [-0.05, 0) is 70.0 Å². The lowest BCUT2D eigenvalue weighted by atomic mass is 10.1. The van der Waals surface area contributed by atoms with Gasteiger partial charge in [0, 0.05) is 17.2 Å². The number of benzene rings is 1. The SMILES string of the molecule is Cc1c(C(=O)Nc2ccc(-c3cnc(C4CC4)o3)cc2)nnn1C1CCNCC1. The van der Waals surface area contributed by atoms with Crippen molar-refractivity contribution in [3.05, 3.63) is 47.7 Å². The third kappa shape index (κ3) is 3.67. The predicted octanol–water partition coefficient (Wildman–Crippen LogP) is 3.30. The van der Waals surface area contributed by atoms with Gasteiger partial charge in [0.2, 0.25) is 0 Å². The molecule has 2 fully saturated rings. The molecule has 8 heteroatoms. The second-order valence-electron chi connectivity index (χ2n) is 7.82. The molecular formula is C21H24N6O2. The average molecular weight is 392 g/mol. The van der Waals surface area contributed by atoms with Crippen LogP contribution in [0.25, 0.3) is 11.3 Å². The Morgan fingerprint density at radius 1 is 1.17 bits per heavy atom. The van der Waals surface area contributed by atoms with Crippen LogP contribution in [-0.4, -0.2) is 39.0 Å². The molecule has 1 aromatic carbocycles. The van der Waals surface area contributed by atoms with Gasteiger partial charge in [-0.3, -0.25) is 4.79 Å². The minimum absolute atomic E-state index is 0.244. The molecule has 0 unspecified atom stereocenters. The third-order valence-electron chi connectivity index (χ3n) is 5.67. The fourth-order valence-corrected chi connectivity index (χ4v) is 3.80. The van der Waals surface area contributed by atoms with E-state index in [1.165, 1.54) is 0 Å². The Bertz CT molecular complexity index is 1010. The van der Waals surface area contributed by atoms with Gasteiger partial charge < -0.3 is 15.1 Å². The molecule has 1 saturated heterocycles. The Morgan fingerprint density at radius 3 is 2.66 bits per heavy atom. The first-order valence-corrected chi connectivity index (χ1v) is 10.2. The number of carbonyl (C=O) groups is 1. The van der Waals surface area contributed by atoms with Gasteiger partial charge in [0.15, 0.2) is 17.3 Å². The zero-order chi connectivity index (χ0) is 19.8. The number of amides is 1. The van der Waals surface area contributed by atoms with E-state index in [9.17, 15) is 4.79 Å². The van der Waals surface area contributed by atoms with Crippen LogP contribution >= 0.6 is 0 Å². The van der Waals surface area contributed by atoms with E-state index in [2.05, 4.69) is 25.9 Å². The van der Waals surface area contributed by atoms with E-state index in [4.69, 9.17) is 4.42 Å². The van der Waals surface area contributed by atoms with Crippen LogP contribution in [0.4, 0.5) is 5.69 Å². The van der Waals surface area contributed by atoms with Gasteiger partial charge in [-0.25, -0.2) is 9.67 Å². The number of anilines is 1. The molecule has 2 N–H and O–H groups in total. The molecule has 150 valence electrons. The lowest BCUT2D eigenvalue weighted by molar-refractivity contribution is 0.102. The standard InChI is InChI=1S/C21H24N6O2/c1-13-19(25-26-27(13)17-8-10-22-11-9-17)20(28)24-16-6-4-14(5-7-16)18-12-23-21(29-18)15-2-3-15/h4-7,12,15,17,22H,2-3,8-11H2,1H3,(H,24,28). The summed E-state index contributed by atoms with van der Waals surface area (Å²) in [6, 6.07) is 7.86. The smallest absolute Gasteiger partial charge is 0.278 e. The lowest BCUT2D eigenvalue weighted by Gasteiger charge is -2.23. The van der Waals surface area contributed by atoms with Crippen molar-refractivity contribution in [3.8, 4) is 11.3 Å². The summed E-state index contributed by atoms with van der Waals surface area (Å²) in [5.74, 6) is 1.82. The molecule has 1 aliphatic carbocycles. The summed E-state index contributed by atoms with van der Waals surface area (Å²) in [5.41, 5.74) is 2.82. The maximum atomic E-state index is 12.7. The molecule has 0 radical (unpaired) electrons. The van der Waals surface area contributed by atoms with Crippen molar-refractivity contribution in [3.63, 3.8) is 0 Å². The maximum Gasteiger partial charge on any atom is 0.278 e. The van der Waals surface area contributed by atoms with E-state index >= 15 is 0 Å². The van der Waals surface area contributed by atoms with E-state index in [1.54, 1.807) is 6.20 Å². The monoisotopic (exact) mass is 392 g/mol. The molecule has 29 heavy (non-hydrogen) atoms. The van der Waals surface area contributed by atoms with Crippen molar-refractivity contribution < 1.29 is 9.21 Å². The van der Waals surface area contributed by atoms with Gasteiger partial charge in [0.1, 0.15) is 0 Å². The molecular weight excluding hydrogens is 368 g/mol. The van der Waals surface area contributed by atoms with Crippen molar-refractivity contribution in [2.24, 2.45) is 0 Å². The molecule has 2 aliphatic rings. The minimum Gasteiger partial charge on any atom is -0.440 e. The average Bonchev–Trinajstić information content (AvgIpc) is 3.35. The summed E-state index contributed by atoms with van der Waals surface area (Å²) in [6.45, 7) is 3.83. The predicted molar refractivity (Wildman–Crippen MR) is 108 cm³/mol. The van der Waals surface area contributed by atoms with E-state index in [-0.39, 0.29) is 5.91 Å². The van der Waals surface area contributed by atoms with Crippen LogP contribution < -0.4 is 10.6 Å². The fourth-order valence-electron chi connectivity index (χ4n) is 3.80. The highest BCUT2D eigenvalue weighted by molar-refractivity contribution is 6.03. The van der Waals surface area contributed by atoms with Gasteiger partial charge in [-0.15, -0.1) is 5.10 Å². The highest BCUT2D eigenvalue weighted by Crippen LogP contribution is 2.40. The fraction of sp³-hybridized carbons (Fsp3) is 0.429. The van der Waals surface area contributed by atoms with Crippen molar-refractivity contribution >= 4 is 11.6 Å². The Labute approximate surface area is 168 Å². The molecule has 0 spiro atoms. The largest absolute Gasteiger partial charge is 0.440 e. The summed E-state index contributed by atoms with van der Waals surface area (Å²) in [5, 5.41) is 14.6. The normalized spacial score (nSPS) is 17.4. The lowest BCUT2D eigenvalue weighted by Crippen LogP contribution is -2.30. The van der Waals surface area contributed by atoms with Gasteiger partial charge in [0.25, 0.3) is 5.91 Å². The second-order valence-corrected chi connectivity index (χ2v) is 7.82. The number of piperidine rings is 1. The van der Waals surface area contributed by atoms with Crippen molar-refractivity contribution in [2.45, 2.75) is 44.6 Å². The molecule has 8 nitrogen and oxygen atoms in total. The molecule has 1 aliphatic heterocycles. The van der Waals surface area contributed by atoms with Crippen LogP contribution in [0.5, 0.6) is 0 Å². The molecule has 0 atom stereocenters. The summed E-state index contributed by atoms with van der Waals surface area (Å²) in [6.07, 6.45) is 6.08. The zero-order valence-electron chi connectivity index (χ0n) is 16.4. The Morgan fingerprint density at radius 2 is 1.93 bits per heavy atom. The topological polar surface area (TPSA) is 97.9 Å². The number of hydrogen-bond acceptors (Lipinski definition) is 6. The van der Waals surface area contributed by atoms with Crippen LogP contribution in [0.15, 0.2) is 34.9 Å². The Kier molecular flexibility index (Phi) is 4.63. The van der Waals surface area contributed by atoms with E-state index in [0.717, 1.165) is 61.7 Å².